The summed E-state index contributed by atoms with van der Waals surface area (Å²) in [5.41, 5.74) is 0. The van der Waals surface area contributed by atoms with E-state index in [1.54, 1.807) is 6.08 Å². The van der Waals surface area contributed by atoms with Crippen LogP contribution in [0.4, 0.5) is 0 Å². The van der Waals surface area contributed by atoms with E-state index in [4.69, 9.17) is 4.74 Å². The smallest absolute Gasteiger partial charge is 0.305 e. The van der Waals surface area contributed by atoms with E-state index in [0.717, 1.165) is 38.5 Å². The Bertz CT molecular complexity index is 1270. The van der Waals surface area contributed by atoms with Gasteiger partial charge in [0, 0.05) is 12.8 Å². The van der Waals surface area contributed by atoms with Crippen molar-refractivity contribution < 1.29 is 24.5 Å². The van der Waals surface area contributed by atoms with Gasteiger partial charge in [0.2, 0.25) is 5.91 Å². The molecule has 1 amide bonds. The maximum atomic E-state index is 12.5. The molecule has 0 aromatic heterocycles. The average molecular weight is 1190 g/mol. The summed E-state index contributed by atoms with van der Waals surface area (Å²) in [5, 5.41) is 23.2. The summed E-state index contributed by atoms with van der Waals surface area (Å²) in [6.07, 6.45) is 93.3. The lowest BCUT2D eigenvalue weighted by Crippen LogP contribution is -2.45. The van der Waals surface area contributed by atoms with Gasteiger partial charge in [0.25, 0.3) is 0 Å². The van der Waals surface area contributed by atoms with E-state index >= 15 is 0 Å². The average Bonchev–Trinajstić information content (AvgIpc) is 3.50. The molecule has 0 fully saturated rings. The SMILES string of the molecule is CCCCCCCCCCCCCCCCC/C=C/C(O)C(CO)NC(=O)CCCCCCCCCCCCCCCCCCCCCCCCCCCCCCCCCCCOC(=O)CCCCCCCCCCCCCCCCCCC. The van der Waals surface area contributed by atoms with Crippen LogP contribution in [0, 0.1) is 0 Å². The molecule has 6 nitrogen and oxygen atoms in total. The lowest BCUT2D eigenvalue weighted by molar-refractivity contribution is -0.143. The van der Waals surface area contributed by atoms with Crippen molar-refractivity contribution in [2.24, 2.45) is 0 Å². The maximum Gasteiger partial charge on any atom is 0.305 e. The van der Waals surface area contributed by atoms with Crippen LogP contribution in [-0.4, -0.2) is 47.4 Å². The van der Waals surface area contributed by atoms with Gasteiger partial charge in [0.05, 0.1) is 25.4 Å². The zero-order chi connectivity index (χ0) is 60.6. The van der Waals surface area contributed by atoms with E-state index in [-0.39, 0.29) is 18.5 Å². The number of carbonyl (C=O) groups excluding carboxylic acids is 2. The molecule has 0 bridgehead atoms. The van der Waals surface area contributed by atoms with Gasteiger partial charge in [-0.05, 0) is 32.1 Å². The minimum absolute atomic E-state index is 0.0266. The lowest BCUT2D eigenvalue weighted by atomic mass is 10.0. The molecule has 2 unspecified atom stereocenters. The number of aliphatic hydroxyl groups excluding tert-OH is 2. The predicted molar refractivity (Wildman–Crippen MR) is 370 cm³/mol. The zero-order valence-corrected chi connectivity index (χ0v) is 57.4. The fraction of sp³-hybridized carbons (Fsp3) is 0.949. The third-order valence-electron chi connectivity index (χ3n) is 18.6. The summed E-state index contributed by atoms with van der Waals surface area (Å²) in [5.74, 6) is -0.0325. The van der Waals surface area contributed by atoms with Gasteiger partial charge in [-0.25, -0.2) is 0 Å². The molecule has 0 radical (unpaired) electrons. The number of hydrogen-bond acceptors (Lipinski definition) is 5. The second-order valence-electron chi connectivity index (χ2n) is 27.1. The van der Waals surface area contributed by atoms with Crippen molar-refractivity contribution in [2.45, 2.75) is 463 Å². The van der Waals surface area contributed by atoms with Gasteiger partial charge >= 0.3 is 5.97 Å². The van der Waals surface area contributed by atoms with E-state index < -0.39 is 12.1 Å². The number of esters is 1. The number of allylic oxidation sites excluding steroid dienone is 1. The standard InChI is InChI=1S/C78H153NO5/c1-3-5-7-9-11-13-15-17-19-38-42-46-50-54-58-62-66-70-76(81)75(74-80)79-77(82)71-67-63-59-55-51-47-43-40-36-34-32-30-28-26-24-22-21-23-25-27-29-31-33-35-37-41-45-49-53-57-61-65-69-73-84-78(83)72-68-64-60-56-52-48-44-39-20-18-16-14-12-10-8-6-4-2/h66,70,75-76,80-81H,3-65,67-69,71-74H2,1-2H3,(H,79,82)/b70-66+. The Morgan fingerprint density at radius 1 is 0.321 bits per heavy atom. The molecule has 0 saturated heterocycles. The lowest BCUT2D eigenvalue weighted by Gasteiger charge is -2.20. The number of hydrogen-bond donors (Lipinski definition) is 3. The number of aliphatic hydroxyl groups is 2. The first kappa shape index (κ1) is 82.6. The van der Waals surface area contributed by atoms with Crippen molar-refractivity contribution in [3.63, 3.8) is 0 Å². The molecule has 3 N–H and O–H groups in total. The number of unbranched alkanes of at least 4 members (excludes halogenated alkanes) is 63. The van der Waals surface area contributed by atoms with Crippen molar-refractivity contribution in [1.29, 1.82) is 0 Å². The number of ether oxygens (including phenoxy) is 1. The molecule has 0 aromatic carbocycles. The molecular formula is C78H153NO5. The van der Waals surface area contributed by atoms with Crippen LogP contribution >= 0.6 is 0 Å². The predicted octanol–water partition coefficient (Wildman–Crippen LogP) is 25.5. The molecule has 0 rings (SSSR count). The van der Waals surface area contributed by atoms with E-state index in [9.17, 15) is 19.8 Å². The fourth-order valence-corrected chi connectivity index (χ4v) is 12.6. The number of amides is 1. The van der Waals surface area contributed by atoms with Crippen LogP contribution in [0.1, 0.15) is 450 Å². The second kappa shape index (κ2) is 74.1. The summed E-state index contributed by atoms with van der Waals surface area (Å²) in [6.45, 7) is 4.96. The molecule has 6 heteroatoms. The van der Waals surface area contributed by atoms with Crippen molar-refractivity contribution in [3.8, 4) is 0 Å². The molecule has 0 spiro atoms. The quantitative estimate of drug-likeness (QED) is 0.0320. The van der Waals surface area contributed by atoms with Crippen molar-refractivity contribution in [1.82, 2.24) is 5.32 Å². The first-order valence-corrected chi connectivity index (χ1v) is 39.0. The van der Waals surface area contributed by atoms with Gasteiger partial charge in [-0.2, -0.15) is 0 Å². The largest absolute Gasteiger partial charge is 0.466 e. The maximum absolute atomic E-state index is 12.5. The molecule has 0 saturated carbocycles. The number of carbonyl (C=O) groups is 2. The summed E-state index contributed by atoms with van der Waals surface area (Å²) >= 11 is 0. The highest BCUT2D eigenvalue weighted by Gasteiger charge is 2.18. The van der Waals surface area contributed by atoms with Crippen LogP contribution in [0.15, 0.2) is 12.2 Å². The van der Waals surface area contributed by atoms with E-state index in [1.807, 2.05) is 6.08 Å². The molecule has 2 atom stereocenters. The third kappa shape index (κ3) is 69.7. The Labute approximate surface area is 527 Å². The van der Waals surface area contributed by atoms with Crippen LogP contribution in [-0.2, 0) is 14.3 Å². The minimum Gasteiger partial charge on any atom is -0.466 e. The molecular weight excluding hydrogens is 1030 g/mol. The van der Waals surface area contributed by atoms with Gasteiger partial charge in [0.15, 0.2) is 0 Å². The molecule has 500 valence electrons. The summed E-state index contributed by atoms with van der Waals surface area (Å²) in [6, 6.07) is -0.624. The van der Waals surface area contributed by atoms with Gasteiger partial charge in [-0.15, -0.1) is 0 Å². The Kier molecular flexibility index (Phi) is 72.8. The first-order chi connectivity index (χ1) is 41.5. The highest BCUT2D eigenvalue weighted by Crippen LogP contribution is 2.20. The molecule has 0 aliphatic heterocycles. The molecule has 0 heterocycles. The minimum atomic E-state index is -0.841. The molecule has 84 heavy (non-hydrogen) atoms. The van der Waals surface area contributed by atoms with Gasteiger partial charge in [-0.1, -0.05) is 418 Å². The third-order valence-corrected chi connectivity index (χ3v) is 18.6. The molecule has 0 aromatic rings. The fourth-order valence-electron chi connectivity index (χ4n) is 12.6. The van der Waals surface area contributed by atoms with E-state index in [1.165, 1.54) is 385 Å². The summed E-state index contributed by atoms with van der Waals surface area (Å²) in [4.78, 5) is 24.6. The van der Waals surface area contributed by atoms with E-state index in [0.29, 0.717) is 19.4 Å². The normalized spacial score (nSPS) is 12.5. The number of rotatable bonds is 74. The summed E-state index contributed by atoms with van der Waals surface area (Å²) in [7, 11) is 0. The first-order valence-electron chi connectivity index (χ1n) is 39.0. The highest BCUT2D eigenvalue weighted by atomic mass is 16.5. The topological polar surface area (TPSA) is 95.9 Å². The van der Waals surface area contributed by atoms with Crippen LogP contribution in [0.2, 0.25) is 0 Å². The van der Waals surface area contributed by atoms with Crippen LogP contribution in [0.25, 0.3) is 0 Å². The number of nitrogens with one attached hydrogen (secondary N) is 1. The summed E-state index contributed by atoms with van der Waals surface area (Å²) < 4.78 is 5.52. The Morgan fingerprint density at radius 3 is 0.810 bits per heavy atom. The van der Waals surface area contributed by atoms with Gasteiger partial charge < -0.3 is 20.3 Å². The van der Waals surface area contributed by atoms with Crippen molar-refractivity contribution in [3.05, 3.63) is 12.2 Å². The van der Waals surface area contributed by atoms with Crippen LogP contribution in [0.5, 0.6) is 0 Å². The second-order valence-corrected chi connectivity index (χ2v) is 27.1. The highest BCUT2D eigenvalue weighted by molar-refractivity contribution is 5.76. The molecule has 0 aliphatic carbocycles. The Morgan fingerprint density at radius 2 is 0.548 bits per heavy atom. The van der Waals surface area contributed by atoms with Crippen molar-refractivity contribution in [2.75, 3.05) is 13.2 Å². The molecule has 0 aliphatic rings. The van der Waals surface area contributed by atoms with Crippen LogP contribution in [0.3, 0.4) is 0 Å². The van der Waals surface area contributed by atoms with Gasteiger partial charge in [-0.3, -0.25) is 9.59 Å². The van der Waals surface area contributed by atoms with Gasteiger partial charge in [0.1, 0.15) is 0 Å². The van der Waals surface area contributed by atoms with Crippen molar-refractivity contribution >= 4 is 11.9 Å². The zero-order valence-electron chi connectivity index (χ0n) is 57.4. The monoisotopic (exact) mass is 1180 g/mol. The Balaban J connectivity index is 3.31. The van der Waals surface area contributed by atoms with Crippen LogP contribution < -0.4 is 5.32 Å². The Hall–Kier alpha value is -1.40. The van der Waals surface area contributed by atoms with E-state index in [2.05, 4.69) is 19.2 Å².